The minimum atomic E-state index is 0.204. The molecule has 0 N–H and O–H groups in total. The van der Waals surface area contributed by atoms with Crippen molar-refractivity contribution in [1.82, 2.24) is 9.88 Å². The summed E-state index contributed by atoms with van der Waals surface area (Å²) in [6.45, 7) is 3.28. The van der Waals surface area contributed by atoms with Gasteiger partial charge in [-0.15, -0.1) is 0 Å². The average Bonchev–Trinajstić information content (AvgIpc) is 3.16. The number of hydrogen-bond donors (Lipinski definition) is 0. The zero-order valence-electron chi connectivity index (χ0n) is 14.9. The van der Waals surface area contributed by atoms with Crippen LogP contribution in [0.25, 0.3) is 11.1 Å². The van der Waals surface area contributed by atoms with E-state index in [0.29, 0.717) is 17.9 Å². The van der Waals surface area contributed by atoms with Gasteiger partial charge in [0, 0.05) is 18.5 Å². The first kappa shape index (κ1) is 17.0. The van der Waals surface area contributed by atoms with Crippen molar-refractivity contribution < 1.29 is 9.21 Å². The highest BCUT2D eigenvalue weighted by molar-refractivity contribution is 5.98. The van der Waals surface area contributed by atoms with E-state index < -0.39 is 0 Å². The molecule has 26 heavy (non-hydrogen) atoms. The van der Waals surface area contributed by atoms with Crippen LogP contribution in [0.1, 0.15) is 41.6 Å². The van der Waals surface area contributed by atoms with Crippen LogP contribution >= 0.6 is 0 Å². The summed E-state index contributed by atoms with van der Waals surface area (Å²) in [6.07, 6.45) is 5.38. The lowest BCUT2D eigenvalue weighted by atomic mass is 9.90. The van der Waals surface area contributed by atoms with Crippen LogP contribution in [0.15, 0.2) is 59.3 Å². The maximum Gasteiger partial charge on any atom is 0.181 e. The molecule has 4 rings (SSSR count). The van der Waals surface area contributed by atoms with Gasteiger partial charge in [0.2, 0.25) is 0 Å². The largest absolute Gasteiger partial charge is 0.443 e. The highest BCUT2D eigenvalue weighted by atomic mass is 16.3. The monoisotopic (exact) mass is 348 g/mol. The van der Waals surface area contributed by atoms with Crippen LogP contribution in [0.5, 0.6) is 0 Å². The minimum absolute atomic E-state index is 0.204. The Labute approximate surface area is 153 Å². The molecule has 4 heteroatoms. The third kappa shape index (κ3) is 4.02. The fourth-order valence-electron chi connectivity index (χ4n) is 3.78. The van der Waals surface area contributed by atoms with Crippen molar-refractivity contribution in [3.8, 4) is 0 Å². The molecular weight excluding hydrogens is 324 g/mol. The Morgan fingerprint density at radius 1 is 1.12 bits per heavy atom. The highest BCUT2D eigenvalue weighted by Crippen LogP contribution is 2.24. The summed E-state index contributed by atoms with van der Waals surface area (Å²) in [4.78, 5) is 19.1. The molecule has 1 aliphatic heterocycles. The van der Waals surface area contributed by atoms with Crippen molar-refractivity contribution in [3.05, 3.63) is 66.1 Å². The minimum Gasteiger partial charge on any atom is -0.443 e. The van der Waals surface area contributed by atoms with Gasteiger partial charge in [0.25, 0.3) is 0 Å². The molecule has 1 aromatic heterocycles. The fourth-order valence-corrected chi connectivity index (χ4v) is 3.78. The zero-order valence-corrected chi connectivity index (χ0v) is 14.9. The summed E-state index contributed by atoms with van der Waals surface area (Å²) in [5.41, 5.74) is 3.59. The van der Waals surface area contributed by atoms with Crippen molar-refractivity contribution in [2.24, 2.45) is 5.92 Å². The van der Waals surface area contributed by atoms with Crippen molar-refractivity contribution in [2.45, 2.75) is 32.2 Å². The Bertz CT molecular complexity index is 864. The van der Waals surface area contributed by atoms with Crippen LogP contribution in [0.2, 0.25) is 0 Å². The first-order valence-electron chi connectivity index (χ1n) is 9.41. The summed E-state index contributed by atoms with van der Waals surface area (Å²) in [5, 5.41) is 0. The molecule has 1 fully saturated rings. The number of piperidine rings is 1. The smallest absolute Gasteiger partial charge is 0.181 e. The predicted molar refractivity (Wildman–Crippen MR) is 102 cm³/mol. The molecule has 4 nitrogen and oxygen atoms in total. The maximum atomic E-state index is 12.5. The summed E-state index contributed by atoms with van der Waals surface area (Å²) < 4.78 is 5.29. The third-order valence-corrected chi connectivity index (χ3v) is 5.39. The zero-order chi connectivity index (χ0) is 17.8. The fraction of sp³-hybridized carbons (Fsp3) is 0.364. The second-order valence-electron chi connectivity index (χ2n) is 7.20. The predicted octanol–water partition coefficient (Wildman–Crippen LogP) is 4.70. The second-order valence-corrected chi connectivity index (χ2v) is 7.20. The summed E-state index contributed by atoms with van der Waals surface area (Å²) in [6, 6.07) is 16.2. The highest BCUT2D eigenvalue weighted by Gasteiger charge is 2.20. The first-order valence-corrected chi connectivity index (χ1v) is 9.41. The molecule has 0 atom stereocenters. The molecule has 134 valence electrons. The van der Waals surface area contributed by atoms with Gasteiger partial charge in [-0.25, -0.2) is 4.98 Å². The number of Topliss-reactive ketones (excluding diaryl/α,β-unsaturated/α-hetero) is 1. The summed E-state index contributed by atoms with van der Waals surface area (Å²) in [5.74, 6) is 0.856. The number of oxazole rings is 1. The molecule has 0 amide bonds. The standard InChI is InChI=1S/C22H24N2O2/c25-21(19-7-8-20-22(14-19)26-16-23-20)9-6-17-10-12-24(13-11-17)15-18-4-2-1-3-5-18/h1-5,7-8,14,16-17H,6,9-13,15H2. The molecule has 2 heterocycles. The molecule has 0 aliphatic carbocycles. The van der Waals surface area contributed by atoms with Gasteiger partial charge in [-0.2, -0.15) is 0 Å². The van der Waals surface area contributed by atoms with Crippen LogP contribution in [-0.4, -0.2) is 28.8 Å². The number of ketones is 1. The molecule has 3 aromatic rings. The topological polar surface area (TPSA) is 46.3 Å². The Hall–Kier alpha value is -2.46. The molecule has 1 aliphatic rings. The number of hydrogen-bond acceptors (Lipinski definition) is 4. The molecule has 0 unspecified atom stereocenters. The number of nitrogens with zero attached hydrogens (tertiary/aromatic N) is 2. The Balaban J connectivity index is 1.25. The Kier molecular flexibility index (Phi) is 5.12. The molecule has 1 saturated heterocycles. The quantitative estimate of drug-likeness (QED) is 0.606. The summed E-state index contributed by atoms with van der Waals surface area (Å²) >= 11 is 0. The number of fused-ring (bicyclic) bond motifs is 1. The lowest BCUT2D eigenvalue weighted by molar-refractivity contribution is 0.0961. The maximum absolute atomic E-state index is 12.5. The van der Waals surface area contributed by atoms with E-state index in [-0.39, 0.29) is 5.78 Å². The van der Waals surface area contributed by atoms with Gasteiger partial charge in [-0.05, 0) is 62.0 Å². The Morgan fingerprint density at radius 2 is 1.92 bits per heavy atom. The van der Waals surface area contributed by atoms with Gasteiger partial charge < -0.3 is 4.42 Å². The van der Waals surface area contributed by atoms with E-state index in [1.165, 1.54) is 24.8 Å². The van der Waals surface area contributed by atoms with Gasteiger partial charge in [0.05, 0.1) is 0 Å². The number of rotatable bonds is 6. The lowest BCUT2D eigenvalue weighted by Gasteiger charge is -2.32. The number of aromatic nitrogens is 1. The van der Waals surface area contributed by atoms with E-state index in [0.717, 1.165) is 37.1 Å². The second kappa shape index (κ2) is 7.83. The third-order valence-electron chi connectivity index (χ3n) is 5.39. The van der Waals surface area contributed by atoms with Gasteiger partial charge in [0.15, 0.2) is 17.8 Å². The van der Waals surface area contributed by atoms with Crippen LogP contribution < -0.4 is 0 Å². The van der Waals surface area contributed by atoms with E-state index in [9.17, 15) is 4.79 Å². The van der Waals surface area contributed by atoms with Crippen LogP contribution in [-0.2, 0) is 6.54 Å². The van der Waals surface area contributed by atoms with Crippen LogP contribution in [0.4, 0.5) is 0 Å². The molecule has 0 radical (unpaired) electrons. The Morgan fingerprint density at radius 3 is 2.73 bits per heavy atom. The summed E-state index contributed by atoms with van der Waals surface area (Å²) in [7, 11) is 0. The number of likely N-dealkylation sites (tertiary alicyclic amines) is 1. The average molecular weight is 348 g/mol. The van der Waals surface area contributed by atoms with Gasteiger partial charge in [-0.1, -0.05) is 30.3 Å². The van der Waals surface area contributed by atoms with Gasteiger partial charge in [-0.3, -0.25) is 9.69 Å². The van der Waals surface area contributed by atoms with Crippen molar-refractivity contribution in [1.29, 1.82) is 0 Å². The van der Waals surface area contributed by atoms with Gasteiger partial charge >= 0.3 is 0 Å². The first-order chi connectivity index (χ1) is 12.8. The van der Waals surface area contributed by atoms with Crippen molar-refractivity contribution >= 4 is 16.9 Å². The number of carbonyl (C=O) groups excluding carboxylic acids is 1. The van der Waals surface area contributed by atoms with E-state index >= 15 is 0 Å². The lowest BCUT2D eigenvalue weighted by Crippen LogP contribution is -2.33. The molecular formula is C22H24N2O2. The number of benzene rings is 2. The van der Waals surface area contributed by atoms with Gasteiger partial charge in [0.1, 0.15) is 5.52 Å². The van der Waals surface area contributed by atoms with E-state index in [4.69, 9.17) is 4.42 Å². The normalized spacial score (nSPS) is 16.2. The molecule has 0 saturated carbocycles. The van der Waals surface area contributed by atoms with E-state index in [1.807, 2.05) is 18.2 Å². The molecule has 0 bridgehead atoms. The molecule has 2 aromatic carbocycles. The van der Waals surface area contributed by atoms with E-state index in [1.54, 1.807) is 0 Å². The SMILES string of the molecule is O=C(CCC1CCN(Cc2ccccc2)CC1)c1ccc2ncoc2c1. The number of carbonyl (C=O) groups is 1. The molecule has 0 spiro atoms. The van der Waals surface area contributed by atoms with Crippen molar-refractivity contribution in [3.63, 3.8) is 0 Å². The van der Waals surface area contributed by atoms with E-state index in [2.05, 4.69) is 40.2 Å². The van der Waals surface area contributed by atoms with Crippen LogP contribution in [0.3, 0.4) is 0 Å². The van der Waals surface area contributed by atoms with Crippen LogP contribution in [0, 0.1) is 5.92 Å². The van der Waals surface area contributed by atoms with Crippen molar-refractivity contribution in [2.75, 3.05) is 13.1 Å².